The summed E-state index contributed by atoms with van der Waals surface area (Å²) < 4.78 is 19.1. The number of halogens is 1. The predicted molar refractivity (Wildman–Crippen MR) is 75.0 cm³/mol. The Bertz CT molecular complexity index is 420. The molecule has 110 valence electrons. The second-order valence-corrected chi connectivity index (χ2v) is 5.84. The van der Waals surface area contributed by atoms with Crippen LogP contribution in [0.4, 0.5) is 10.3 Å². The number of nitrogens with one attached hydrogen (secondary N) is 1. The van der Waals surface area contributed by atoms with Gasteiger partial charge >= 0.3 is 0 Å². The van der Waals surface area contributed by atoms with E-state index in [4.69, 9.17) is 4.74 Å². The van der Waals surface area contributed by atoms with Gasteiger partial charge in [0.25, 0.3) is 0 Å². The summed E-state index contributed by atoms with van der Waals surface area (Å²) >= 11 is 0. The minimum atomic E-state index is -0.405. The highest BCUT2D eigenvalue weighted by Crippen LogP contribution is 2.29. The lowest BCUT2D eigenvalue weighted by Crippen LogP contribution is -2.40. The first kappa shape index (κ1) is 13.7. The minimum Gasteiger partial charge on any atom is -0.373 e. The Morgan fingerprint density at radius 2 is 1.65 bits per heavy atom. The molecule has 2 saturated carbocycles. The largest absolute Gasteiger partial charge is 0.373 e. The molecule has 2 aliphatic carbocycles. The van der Waals surface area contributed by atoms with Gasteiger partial charge in [0.2, 0.25) is 5.95 Å². The molecule has 0 radical (unpaired) electrons. The van der Waals surface area contributed by atoms with E-state index in [9.17, 15) is 4.39 Å². The molecule has 0 aromatic carbocycles. The van der Waals surface area contributed by atoms with Gasteiger partial charge in [-0.3, -0.25) is 0 Å². The van der Waals surface area contributed by atoms with Gasteiger partial charge in [0.1, 0.15) is 0 Å². The first-order chi connectivity index (χ1) is 9.81. The van der Waals surface area contributed by atoms with Crippen molar-refractivity contribution in [3.8, 4) is 0 Å². The Hall–Kier alpha value is -1.23. The lowest BCUT2D eigenvalue weighted by Gasteiger charge is -2.34. The number of anilines is 1. The molecule has 2 fully saturated rings. The molecule has 1 heterocycles. The molecule has 0 unspecified atom stereocenters. The summed E-state index contributed by atoms with van der Waals surface area (Å²) in [6.45, 7) is 0. The Morgan fingerprint density at radius 3 is 2.40 bits per heavy atom. The molecule has 4 nitrogen and oxygen atoms in total. The Morgan fingerprint density at radius 1 is 1.00 bits per heavy atom. The SMILES string of the molecule is Fc1cnc(N[C@H]2CCCC[C@H]2OC2CCCC2)nc1. The fraction of sp³-hybridized carbons (Fsp3) is 0.733. The Kier molecular flexibility index (Phi) is 4.45. The molecule has 0 bridgehead atoms. The molecular formula is C15H22FN3O. The van der Waals surface area contributed by atoms with Crippen molar-refractivity contribution in [1.82, 2.24) is 9.97 Å². The van der Waals surface area contributed by atoms with Gasteiger partial charge in [0.05, 0.1) is 30.6 Å². The maximum atomic E-state index is 12.8. The standard InChI is InChI=1S/C15H22FN3O/c16-11-9-17-15(18-10-11)19-13-7-3-4-8-14(13)20-12-5-1-2-6-12/h9-10,12-14H,1-8H2,(H,17,18,19)/t13-,14+/m0/s1. The van der Waals surface area contributed by atoms with Gasteiger partial charge in [-0.2, -0.15) is 0 Å². The number of ether oxygens (including phenoxy) is 1. The van der Waals surface area contributed by atoms with Crippen LogP contribution >= 0.6 is 0 Å². The average molecular weight is 279 g/mol. The first-order valence-electron chi connectivity index (χ1n) is 7.71. The summed E-state index contributed by atoms with van der Waals surface area (Å²) in [6, 6.07) is 0.245. The molecule has 1 N–H and O–H groups in total. The molecule has 20 heavy (non-hydrogen) atoms. The Labute approximate surface area is 119 Å². The summed E-state index contributed by atoms with van der Waals surface area (Å²) in [5.74, 6) is 0.0938. The van der Waals surface area contributed by atoms with Gasteiger partial charge in [-0.05, 0) is 25.7 Å². The third-order valence-corrected chi connectivity index (χ3v) is 4.31. The van der Waals surface area contributed by atoms with E-state index < -0.39 is 5.82 Å². The van der Waals surface area contributed by atoms with Crippen molar-refractivity contribution in [1.29, 1.82) is 0 Å². The highest BCUT2D eigenvalue weighted by molar-refractivity contribution is 5.25. The van der Waals surface area contributed by atoms with Crippen LogP contribution < -0.4 is 5.32 Å². The van der Waals surface area contributed by atoms with Crippen molar-refractivity contribution in [2.24, 2.45) is 0 Å². The van der Waals surface area contributed by atoms with Crippen molar-refractivity contribution in [2.45, 2.75) is 69.6 Å². The van der Waals surface area contributed by atoms with Crippen molar-refractivity contribution >= 4 is 5.95 Å². The molecule has 3 rings (SSSR count). The van der Waals surface area contributed by atoms with Crippen LogP contribution in [-0.2, 0) is 4.74 Å². The van der Waals surface area contributed by atoms with Gasteiger partial charge in [0, 0.05) is 0 Å². The summed E-state index contributed by atoms with van der Waals surface area (Å²) in [5, 5.41) is 3.32. The van der Waals surface area contributed by atoms with Crippen LogP contribution in [0.1, 0.15) is 51.4 Å². The van der Waals surface area contributed by atoms with Crippen molar-refractivity contribution < 1.29 is 9.13 Å². The van der Waals surface area contributed by atoms with Crippen LogP contribution in [-0.4, -0.2) is 28.2 Å². The van der Waals surface area contributed by atoms with Crippen molar-refractivity contribution in [3.63, 3.8) is 0 Å². The highest BCUT2D eigenvalue weighted by atomic mass is 19.1. The zero-order valence-electron chi connectivity index (χ0n) is 11.7. The van der Waals surface area contributed by atoms with E-state index in [2.05, 4.69) is 15.3 Å². The van der Waals surface area contributed by atoms with Crippen LogP contribution in [0.5, 0.6) is 0 Å². The third-order valence-electron chi connectivity index (χ3n) is 4.31. The van der Waals surface area contributed by atoms with E-state index in [1.165, 1.54) is 50.9 Å². The third kappa shape index (κ3) is 3.45. The number of nitrogens with zero attached hydrogens (tertiary/aromatic N) is 2. The van der Waals surface area contributed by atoms with E-state index in [-0.39, 0.29) is 12.1 Å². The summed E-state index contributed by atoms with van der Waals surface area (Å²) in [4.78, 5) is 7.97. The lowest BCUT2D eigenvalue weighted by atomic mass is 9.92. The van der Waals surface area contributed by atoms with E-state index in [0.29, 0.717) is 12.1 Å². The number of rotatable bonds is 4. The fourth-order valence-electron chi connectivity index (χ4n) is 3.25. The maximum absolute atomic E-state index is 12.8. The molecule has 2 aliphatic rings. The van der Waals surface area contributed by atoms with Gasteiger partial charge in [0.15, 0.2) is 5.82 Å². The molecular weight excluding hydrogens is 257 g/mol. The first-order valence-corrected chi connectivity index (χ1v) is 7.71. The van der Waals surface area contributed by atoms with Gasteiger partial charge < -0.3 is 10.1 Å². The number of aromatic nitrogens is 2. The molecule has 0 amide bonds. The van der Waals surface area contributed by atoms with Crippen LogP contribution in [0, 0.1) is 5.82 Å². The summed E-state index contributed by atoms with van der Waals surface area (Å²) in [5.41, 5.74) is 0. The molecule has 2 atom stereocenters. The van der Waals surface area contributed by atoms with Crippen molar-refractivity contribution in [2.75, 3.05) is 5.32 Å². The van der Waals surface area contributed by atoms with E-state index in [1.54, 1.807) is 0 Å². The monoisotopic (exact) mass is 279 g/mol. The van der Waals surface area contributed by atoms with Crippen molar-refractivity contribution in [3.05, 3.63) is 18.2 Å². The highest BCUT2D eigenvalue weighted by Gasteiger charge is 2.29. The van der Waals surface area contributed by atoms with Gasteiger partial charge in [-0.1, -0.05) is 25.7 Å². The summed E-state index contributed by atoms with van der Waals surface area (Å²) in [7, 11) is 0. The van der Waals surface area contributed by atoms with Crippen LogP contribution in [0.15, 0.2) is 12.4 Å². The lowest BCUT2D eigenvalue weighted by molar-refractivity contribution is -0.0322. The van der Waals surface area contributed by atoms with E-state index in [1.807, 2.05) is 0 Å². The van der Waals surface area contributed by atoms with Gasteiger partial charge in [-0.15, -0.1) is 0 Å². The molecule has 1 aromatic heterocycles. The smallest absolute Gasteiger partial charge is 0.223 e. The van der Waals surface area contributed by atoms with Gasteiger partial charge in [-0.25, -0.2) is 14.4 Å². The molecule has 0 aliphatic heterocycles. The van der Waals surface area contributed by atoms with E-state index >= 15 is 0 Å². The fourth-order valence-corrected chi connectivity index (χ4v) is 3.25. The zero-order chi connectivity index (χ0) is 13.8. The van der Waals surface area contributed by atoms with E-state index in [0.717, 1.165) is 12.8 Å². The second kappa shape index (κ2) is 6.48. The molecule has 0 saturated heterocycles. The molecule has 0 spiro atoms. The normalized spacial score (nSPS) is 27.6. The predicted octanol–water partition coefficient (Wildman–Crippen LogP) is 3.30. The number of hydrogen-bond acceptors (Lipinski definition) is 4. The van der Waals surface area contributed by atoms with Crippen LogP contribution in [0.3, 0.4) is 0 Å². The minimum absolute atomic E-state index is 0.237. The molecule has 5 heteroatoms. The Balaban J connectivity index is 1.60. The van der Waals surface area contributed by atoms with Crippen LogP contribution in [0.25, 0.3) is 0 Å². The quantitative estimate of drug-likeness (QED) is 0.918. The average Bonchev–Trinajstić information content (AvgIpc) is 2.96. The zero-order valence-corrected chi connectivity index (χ0v) is 11.7. The summed E-state index contributed by atoms with van der Waals surface area (Å²) in [6.07, 6.45) is 12.6. The number of hydrogen-bond donors (Lipinski definition) is 1. The van der Waals surface area contributed by atoms with Crippen LogP contribution in [0.2, 0.25) is 0 Å². The topological polar surface area (TPSA) is 47.0 Å². The second-order valence-electron chi connectivity index (χ2n) is 5.84. The molecule has 1 aromatic rings. The maximum Gasteiger partial charge on any atom is 0.223 e.